The monoisotopic (exact) mass is 344 g/mol. The summed E-state index contributed by atoms with van der Waals surface area (Å²) in [5.41, 5.74) is 14.0. The molecule has 0 bridgehead atoms. The molecule has 0 saturated heterocycles. The number of rotatable bonds is 10. The fourth-order valence-electron chi connectivity index (χ4n) is 2.69. The molecule has 2 aromatic rings. The minimum atomic E-state index is -0.142. The smallest absolute Gasteiger partial charge is 0.164 e. The van der Waals surface area contributed by atoms with Crippen molar-refractivity contribution in [1.29, 1.82) is 0 Å². The molecule has 5 heteroatoms. The molecule has 0 fully saturated rings. The van der Waals surface area contributed by atoms with Gasteiger partial charge in [0.25, 0.3) is 0 Å². The van der Waals surface area contributed by atoms with Crippen LogP contribution in [0.4, 0.5) is 0 Å². The van der Waals surface area contributed by atoms with Crippen molar-refractivity contribution in [2.24, 2.45) is 11.5 Å². The third-order valence-electron chi connectivity index (χ3n) is 4.12. The van der Waals surface area contributed by atoms with Gasteiger partial charge in [0, 0.05) is 17.7 Å². The number of nitrogens with two attached hydrogens (primary N) is 2. The van der Waals surface area contributed by atoms with Gasteiger partial charge in [-0.3, -0.25) is 0 Å². The van der Waals surface area contributed by atoms with E-state index in [2.05, 4.69) is 0 Å². The van der Waals surface area contributed by atoms with Gasteiger partial charge in [-0.05, 0) is 31.0 Å². The van der Waals surface area contributed by atoms with Crippen molar-refractivity contribution in [2.75, 3.05) is 20.8 Å². The first-order valence-electron chi connectivity index (χ1n) is 8.57. The maximum Gasteiger partial charge on any atom is 0.164 e. The molecule has 0 heterocycles. The molecular formula is C20H28N2O3. The minimum absolute atomic E-state index is 0.142. The van der Waals surface area contributed by atoms with Crippen LogP contribution in [0, 0.1) is 0 Å². The summed E-state index contributed by atoms with van der Waals surface area (Å²) < 4.78 is 16.9. The second-order valence-electron chi connectivity index (χ2n) is 5.91. The van der Waals surface area contributed by atoms with Gasteiger partial charge in [-0.2, -0.15) is 0 Å². The van der Waals surface area contributed by atoms with E-state index in [1.165, 1.54) is 0 Å². The molecular weight excluding hydrogens is 316 g/mol. The van der Waals surface area contributed by atoms with E-state index < -0.39 is 0 Å². The first-order valence-corrected chi connectivity index (χ1v) is 8.57. The van der Waals surface area contributed by atoms with Crippen LogP contribution in [0.3, 0.4) is 0 Å². The lowest BCUT2D eigenvalue weighted by Gasteiger charge is -2.20. The van der Waals surface area contributed by atoms with Crippen molar-refractivity contribution in [3.8, 4) is 17.2 Å². The lowest BCUT2D eigenvalue weighted by atomic mass is 10.00. The molecule has 0 aromatic heterocycles. The summed E-state index contributed by atoms with van der Waals surface area (Å²) in [5, 5.41) is 0. The third-order valence-corrected chi connectivity index (χ3v) is 4.12. The van der Waals surface area contributed by atoms with Gasteiger partial charge in [0.15, 0.2) is 11.5 Å². The Morgan fingerprint density at radius 3 is 2.24 bits per heavy atom. The molecule has 4 N–H and O–H groups in total. The van der Waals surface area contributed by atoms with E-state index in [4.69, 9.17) is 25.7 Å². The van der Waals surface area contributed by atoms with Crippen molar-refractivity contribution in [2.45, 2.75) is 31.9 Å². The molecule has 25 heavy (non-hydrogen) atoms. The highest BCUT2D eigenvalue weighted by Gasteiger charge is 2.17. The van der Waals surface area contributed by atoms with E-state index in [0.29, 0.717) is 24.7 Å². The van der Waals surface area contributed by atoms with Crippen LogP contribution in [-0.4, -0.2) is 20.8 Å². The number of hydrogen-bond donors (Lipinski definition) is 2. The molecule has 2 rings (SSSR count). The molecule has 0 saturated carbocycles. The molecule has 0 aliphatic rings. The molecule has 0 spiro atoms. The summed E-state index contributed by atoms with van der Waals surface area (Å²) in [4.78, 5) is 0. The molecule has 5 nitrogen and oxygen atoms in total. The van der Waals surface area contributed by atoms with E-state index >= 15 is 0 Å². The van der Waals surface area contributed by atoms with Crippen LogP contribution in [0.2, 0.25) is 0 Å². The van der Waals surface area contributed by atoms with Crippen LogP contribution in [0.15, 0.2) is 42.5 Å². The van der Waals surface area contributed by atoms with Gasteiger partial charge in [0.2, 0.25) is 0 Å². The van der Waals surface area contributed by atoms with Gasteiger partial charge >= 0.3 is 0 Å². The Labute approximate surface area is 149 Å². The lowest BCUT2D eigenvalue weighted by molar-refractivity contribution is 0.294. The number of methoxy groups -OCH3 is 2. The molecule has 0 unspecified atom stereocenters. The second kappa shape index (κ2) is 9.91. The van der Waals surface area contributed by atoms with Crippen molar-refractivity contribution in [3.05, 3.63) is 53.6 Å². The van der Waals surface area contributed by atoms with Gasteiger partial charge in [0.05, 0.1) is 14.2 Å². The van der Waals surface area contributed by atoms with E-state index in [1.54, 1.807) is 14.2 Å². The number of hydrogen-bond acceptors (Lipinski definition) is 5. The van der Waals surface area contributed by atoms with Crippen molar-refractivity contribution in [3.63, 3.8) is 0 Å². The summed E-state index contributed by atoms with van der Waals surface area (Å²) in [6.07, 6.45) is 2.78. The fraction of sp³-hybridized carbons (Fsp3) is 0.400. The first kappa shape index (κ1) is 19.1. The second-order valence-corrected chi connectivity index (χ2v) is 5.91. The predicted molar refractivity (Wildman–Crippen MR) is 100 cm³/mol. The standard InChI is InChI=1S/C20H28N2O3/c1-23-19-12-16(17(22)10-6-7-11-21)18(13-20(19)24-2)25-14-15-8-4-3-5-9-15/h3-5,8-9,12-13,17H,6-7,10-11,14,21-22H2,1-2H3/t17-/m1/s1. The first-order chi connectivity index (χ1) is 12.2. The highest BCUT2D eigenvalue weighted by atomic mass is 16.5. The van der Waals surface area contributed by atoms with Gasteiger partial charge in [-0.25, -0.2) is 0 Å². The lowest BCUT2D eigenvalue weighted by Crippen LogP contribution is -2.13. The average molecular weight is 344 g/mol. The van der Waals surface area contributed by atoms with Crippen molar-refractivity contribution >= 4 is 0 Å². The Bertz CT molecular complexity index is 647. The van der Waals surface area contributed by atoms with Gasteiger partial charge in [-0.1, -0.05) is 36.8 Å². The van der Waals surface area contributed by atoms with Crippen LogP contribution in [0.5, 0.6) is 17.2 Å². The Morgan fingerprint density at radius 2 is 1.60 bits per heavy atom. The van der Waals surface area contributed by atoms with Gasteiger partial charge in [-0.15, -0.1) is 0 Å². The summed E-state index contributed by atoms with van der Waals surface area (Å²) in [7, 11) is 3.23. The van der Waals surface area contributed by atoms with Crippen LogP contribution in [0.1, 0.15) is 36.4 Å². The Hall–Kier alpha value is -2.24. The quantitative estimate of drug-likeness (QED) is 0.646. The van der Waals surface area contributed by atoms with Gasteiger partial charge < -0.3 is 25.7 Å². The summed E-state index contributed by atoms with van der Waals surface area (Å²) in [6, 6.07) is 13.6. The number of unbranched alkanes of at least 4 members (excludes halogenated alkanes) is 1. The summed E-state index contributed by atoms with van der Waals surface area (Å²) in [6.45, 7) is 1.15. The highest BCUT2D eigenvalue weighted by molar-refractivity contribution is 5.51. The van der Waals surface area contributed by atoms with Crippen LogP contribution < -0.4 is 25.7 Å². The summed E-state index contributed by atoms with van der Waals surface area (Å²) >= 11 is 0. The van der Waals surface area contributed by atoms with Crippen molar-refractivity contribution < 1.29 is 14.2 Å². The van der Waals surface area contributed by atoms with Crippen LogP contribution >= 0.6 is 0 Å². The summed E-state index contributed by atoms with van der Waals surface area (Å²) in [5.74, 6) is 2.00. The zero-order valence-corrected chi connectivity index (χ0v) is 15.0. The Morgan fingerprint density at radius 1 is 0.920 bits per heavy atom. The Balaban J connectivity index is 2.23. The average Bonchev–Trinajstić information content (AvgIpc) is 2.66. The van der Waals surface area contributed by atoms with Gasteiger partial charge in [0.1, 0.15) is 12.4 Å². The fourth-order valence-corrected chi connectivity index (χ4v) is 2.69. The Kier molecular flexibility index (Phi) is 7.57. The molecule has 0 aliphatic carbocycles. The molecule has 1 atom stereocenters. The van der Waals surface area contributed by atoms with E-state index in [-0.39, 0.29) is 6.04 Å². The van der Waals surface area contributed by atoms with Crippen LogP contribution in [0.25, 0.3) is 0 Å². The molecule has 136 valence electrons. The highest BCUT2D eigenvalue weighted by Crippen LogP contribution is 2.38. The molecule has 0 radical (unpaired) electrons. The minimum Gasteiger partial charge on any atom is -0.493 e. The van der Waals surface area contributed by atoms with E-state index in [9.17, 15) is 0 Å². The van der Waals surface area contributed by atoms with E-state index in [0.717, 1.165) is 36.1 Å². The van der Waals surface area contributed by atoms with E-state index in [1.807, 2.05) is 42.5 Å². The zero-order chi connectivity index (χ0) is 18.1. The largest absolute Gasteiger partial charge is 0.493 e. The number of benzene rings is 2. The SMILES string of the molecule is COc1cc(OCc2ccccc2)c([C@H](N)CCCCN)cc1OC. The predicted octanol–water partition coefficient (Wildman–Crippen LogP) is 3.41. The molecule has 2 aromatic carbocycles. The maximum absolute atomic E-state index is 6.40. The normalized spacial score (nSPS) is 11.8. The number of ether oxygens (including phenoxy) is 3. The maximum atomic E-state index is 6.40. The topological polar surface area (TPSA) is 79.7 Å². The zero-order valence-electron chi connectivity index (χ0n) is 15.0. The molecule has 0 amide bonds. The van der Waals surface area contributed by atoms with Crippen LogP contribution in [-0.2, 0) is 6.61 Å². The third kappa shape index (κ3) is 5.37. The van der Waals surface area contributed by atoms with Crippen molar-refractivity contribution in [1.82, 2.24) is 0 Å². The molecule has 0 aliphatic heterocycles.